The first-order valence-electron chi connectivity index (χ1n) is 9.49. The van der Waals surface area contributed by atoms with Crippen LogP contribution in [0.15, 0.2) is 12.1 Å². The van der Waals surface area contributed by atoms with E-state index < -0.39 is 0 Å². The minimum absolute atomic E-state index is 0.201. The van der Waals surface area contributed by atoms with E-state index in [1.165, 1.54) is 12.8 Å². The van der Waals surface area contributed by atoms with Gasteiger partial charge in [0.05, 0.1) is 0 Å². The molecule has 1 N–H and O–H groups in total. The van der Waals surface area contributed by atoms with Gasteiger partial charge < -0.3 is 10.2 Å². The number of nitrogens with one attached hydrogen (secondary N) is 1. The summed E-state index contributed by atoms with van der Waals surface area (Å²) in [7, 11) is 1.82. The van der Waals surface area contributed by atoms with Crippen LogP contribution in [0.3, 0.4) is 0 Å². The van der Waals surface area contributed by atoms with Gasteiger partial charge in [0.15, 0.2) is 0 Å². The van der Waals surface area contributed by atoms with Crippen molar-refractivity contribution in [2.75, 3.05) is 32.0 Å². The van der Waals surface area contributed by atoms with E-state index >= 15 is 0 Å². The molecule has 5 heteroatoms. The zero-order valence-corrected chi connectivity index (χ0v) is 15.6. The third-order valence-electron chi connectivity index (χ3n) is 5.84. The van der Waals surface area contributed by atoms with E-state index in [0.29, 0.717) is 5.91 Å². The highest BCUT2D eigenvalue weighted by Gasteiger charge is 2.33. The summed E-state index contributed by atoms with van der Waals surface area (Å²) in [4.78, 5) is 17.1. The summed E-state index contributed by atoms with van der Waals surface area (Å²) in [6.45, 7) is 7.38. The highest BCUT2D eigenvalue weighted by Crippen LogP contribution is 2.28. The van der Waals surface area contributed by atoms with E-state index in [1.54, 1.807) is 12.1 Å². The molecule has 0 spiro atoms. The molecule has 1 heterocycles. The SMILES string of the molecule is CNc1cc(F)cc(CN2CCN(C(=O)C3CCCC3)[C@@H](C)C2)c1C. The number of piperazine rings is 1. The first-order chi connectivity index (χ1) is 12.0. The van der Waals surface area contributed by atoms with Crippen LogP contribution in [0.25, 0.3) is 0 Å². The van der Waals surface area contributed by atoms with Crippen LogP contribution in [0.4, 0.5) is 10.1 Å². The summed E-state index contributed by atoms with van der Waals surface area (Å²) in [5.41, 5.74) is 2.96. The van der Waals surface area contributed by atoms with Crippen LogP contribution in [0.5, 0.6) is 0 Å². The molecule has 0 radical (unpaired) electrons. The number of rotatable bonds is 4. The van der Waals surface area contributed by atoms with Gasteiger partial charge >= 0.3 is 0 Å². The minimum atomic E-state index is -0.201. The summed E-state index contributed by atoms with van der Waals surface area (Å²) < 4.78 is 13.9. The largest absolute Gasteiger partial charge is 0.388 e. The Morgan fingerprint density at radius 1 is 1.28 bits per heavy atom. The maximum absolute atomic E-state index is 13.9. The van der Waals surface area contributed by atoms with Gasteiger partial charge in [-0.05, 0) is 49.9 Å². The highest BCUT2D eigenvalue weighted by atomic mass is 19.1. The Morgan fingerprint density at radius 2 is 2.00 bits per heavy atom. The van der Waals surface area contributed by atoms with Crippen LogP contribution in [0.2, 0.25) is 0 Å². The van der Waals surface area contributed by atoms with Crippen molar-refractivity contribution in [3.63, 3.8) is 0 Å². The third-order valence-corrected chi connectivity index (χ3v) is 5.84. The number of anilines is 1. The Kier molecular flexibility index (Phi) is 5.62. The van der Waals surface area contributed by atoms with Gasteiger partial charge in [0.1, 0.15) is 5.82 Å². The van der Waals surface area contributed by atoms with E-state index in [4.69, 9.17) is 0 Å². The molecule has 4 nitrogen and oxygen atoms in total. The summed E-state index contributed by atoms with van der Waals surface area (Å²) in [6, 6.07) is 3.40. The Labute approximate surface area is 150 Å². The van der Waals surface area contributed by atoms with Crippen LogP contribution >= 0.6 is 0 Å². The molecule has 1 aliphatic heterocycles. The zero-order valence-electron chi connectivity index (χ0n) is 15.6. The molecule has 1 atom stereocenters. The van der Waals surface area contributed by atoms with E-state index in [1.807, 2.05) is 14.0 Å². The number of carbonyl (C=O) groups excluding carboxylic acids is 1. The van der Waals surface area contributed by atoms with E-state index in [0.717, 1.165) is 55.8 Å². The topological polar surface area (TPSA) is 35.6 Å². The van der Waals surface area contributed by atoms with Gasteiger partial charge in [-0.15, -0.1) is 0 Å². The van der Waals surface area contributed by atoms with E-state index in [-0.39, 0.29) is 17.8 Å². The van der Waals surface area contributed by atoms with Crippen molar-refractivity contribution in [1.82, 2.24) is 9.80 Å². The summed E-state index contributed by atoms with van der Waals surface area (Å²) in [6.07, 6.45) is 4.50. The van der Waals surface area contributed by atoms with Crippen LogP contribution in [-0.2, 0) is 11.3 Å². The molecule has 25 heavy (non-hydrogen) atoms. The minimum Gasteiger partial charge on any atom is -0.388 e. The predicted molar refractivity (Wildman–Crippen MR) is 99.1 cm³/mol. The summed E-state index contributed by atoms with van der Waals surface area (Å²) >= 11 is 0. The number of benzene rings is 1. The average molecular weight is 347 g/mol. The molecule has 0 bridgehead atoms. The lowest BCUT2D eigenvalue weighted by atomic mass is 10.0. The van der Waals surface area contributed by atoms with Gasteiger partial charge in [-0.1, -0.05) is 12.8 Å². The van der Waals surface area contributed by atoms with Gasteiger partial charge in [0.2, 0.25) is 5.91 Å². The number of amides is 1. The second kappa shape index (κ2) is 7.73. The van der Waals surface area contributed by atoms with Gasteiger partial charge in [0.25, 0.3) is 0 Å². The standard InChI is InChI=1S/C20H30FN3O/c1-14-12-23(8-9-24(14)20(25)16-6-4-5-7-16)13-17-10-18(21)11-19(22-3)15(17)2/h10-11,14,16,22H,4-9,12-13H2,1-3H3/t14-/m0/s1. The Balaban J connectivity index is 1.63. The van der Waals surface area contributed by atoms with Gasteiger partial charge in [-0.25, -0.2) is 4.39 Å². The summed E-state index contributed by atoms with van der Waals surface area (Å²) in [5, 5.41) is 3.06. The van der Waals surface area contributed by atoms with Crippen LogP contribution in [0.1, 0.15) is 43.7 Å². The maximum Gasteiger partial charge on any atom is 0.226 e. The van der Waals surface area contributed by atoms with Crippen LogP contribution < -0.4 is 5.32 Å². The number of nitrogens with zero attached hydrogens (tertiary/aromatic N) is 2. The van der Waals surface area contributed by atoms with Gasteiger partial charge in [-0.3, -0.25) is 9.69 Å². The van der Waals surface area contributed by atoms with Crippen molar-refractivity contribution < 1.29 is 9.18 Å². The van der Waals surface area contributed by atoms with E-state index in [2.05, 4.69) is 22.0 Å². The molecule has 1 saturated heterocycles. The first kappa shape index (κ1) is 18.2. The van der Waals surface area contributed by atoms with Crippen molar-refractivity contribution in [3.8, 4) is 0 Å². The molecule has 1 aromatic carbocycles. The van der Waals surface area contributed by atoms with Gasteiger partial charge in [-0.2, -0.15) is 0 Å². The van der Waals surface area contributed by atoms with Crippen molar-refractivity contribution in [2.45, 2.75) is 52.1 Å². The van der Waals surface area contributed by atoms with Crippen molar-refractivity contribution >= 4 is 11.6 Å². The smallest absolute Gasteiger partial charge is 0.226 e. The fraction of sp³-hybridized carbons (Fsp3) is 0.650. The molecule has 2 fully saturated rings. The molecule has 1 aliphatic carbocycles. The average Bonchev–Trinajstić information content (AvgIpc) is 3.12. The Bertz CT molecular complexity index is 628. The Hall–Kier alpha value is -1.62. The zero-order chi connectivity index (χ0) is 18.0. The second-order valence-electron chi connectivity index (χ2n) is 7.58. The lowest BCUT2D eigenvalue weighted by Gasteiger charge is -2.41. The van der Waals surface area contributed by atoms with Crippen LogP contribution in [0, 0.1) is 18.7 Å². The molecule has 0 aromatic heterocycles. The fourth-order valence-corrected chi connectivity index (χ4v) is 4.31. The molecule has 1 amide bonds. The number of halogens is 1. The van der Waals surface area contributed by atoms with Crippen molar-refractivity contribution in [3.05, 3.63) is 29.1 Å². The lowest BCUT2D eigenvalue weighted by molar-refractivity contribution is -0.140. The number of hydrogen-bond acceptors (Lipinski definition) is 3. The normalized spacial score (nSPS) is 22.4. The monoisotopic (exact) mass is 347 g/mol. The maximum atomic E-state index is 13.9. The van der Waals surface area contributed by atoms with Crippen molar-refractivity contribution in [1.29, 1.82) is 0 Å². The van der Waals surface area contributed by atoms with Crippen molar-refractivity contribution in [2.24, 2.45) is 5.92 Å². The second-order valence-corrected chi connectivity index (χ2v) is 7.58. The molecule has 3 rings (SSSR count). The van der Waals surface area contributed by atoms with Gasteiger partial charge in [0, 0.05) is 50.9 Å². The molecule has 1 saturated carbocycles. The molecule has 2 aliphatic rings. The first-order valence-corrected chi connectivity index (χ1v) is 9.49. The number of carbonyl (C=O) groups is 1. The lowest BCUT2D eigenvalue weighted by Crippen LogP contribution is -2.54. The molecular formula is C20H30FN3O. The number of hydrogen-bond donors (Lipinski definition) is 1. The fourth-order valence-electron chi connectivity index (χ4n) is 4.31. The molecular weight excluding hydrogens is 317 g/mol. The quantitative estimate of drug-likeness (QED) is 0.907. The van der Waals surface area contributed by atoms with E-state index in [9.17, 15) is 9.18 Å². The molecule has 1 aromatic rings. The van der Waals surface area contributed by atoms with Crippen LogP contribution in [-0.4, -0.2) is 48.4 Å². The molecule has 138 valence electrons. The summed E-state index contributed by atoms with van der Waals surface area (Å²) in [5.74, 6) is 0.398. The Morgan fingerprint density at radius 3 is 2.64 bits per heavy atom. The molecule has 0 unspecified atom stereocenters. The predicted octanol–water partition coefficient (Wildman–Crippen LogP) is 3.40. The third kappa shape index (κ3) is 3.97. The highest BCUT2D eigenvalue weighted by molar-refractivity contribution is 5.79.